The molecule has 7 rings (SSSR count). The Kier molecular flexibility index (Phi) is 7.17. The van der Waals surface area contributed by atoms with Gasteiger partial charge in [-0.3, -0.25) is 14.5 Å². The number of amides is 1. The first-order valence-electron chi connectivity index (χ1n) is 15.9. The average molecular weight is 583 g/mol. The molecule has 4 unspecified atom stereocenters. The smallest absolute Gasteiger partial charge is 0.312 e. The number of carbonyl (C=O) groups excluding carboxylic acids is 2. The van der Waals surface area contributed by atoms with Gasteiger partial charge >= 0.3 is 5.97 Å². The third-order valence-electron chi connectivity index (χ3n) is 11.1. The molecule has 226 valence electrons. The fourth-order valence-electron chi connectivity index (χ4n) is 8.77. The van der Waals surface area contributed by atoms with Gasteiger partial charge in [0.15, 0.2) is 5.82 Å². The van der Waals surface area contributed by atoms with Crippen molar-refractivity contribution in [2.75, 3.05) is 25.5 Å². The molecule has 0 radical (unpaired) electrons. The third-order valence-corrected chi connectivity index (χ3v) is 11.1. The number of ether oxygens (including phenoxy) is 1. The van der Waals surface area contributed by atoms with Crippen molar-refractivity contribution in [3.05, 3.63) is 70.3 Å². The van der Waals surface area contributed by atoms with Gasteiger partial charge in [0, 0.05) is 37.9 Å². The topological polar surface area (TPSA) is 96.7 Å². The van der Waals surface area contributed by atoms with Crippen LogP contribution in [0.1, 0.15) is 83.3 Å². The zero-order valence-electron chi connectivity index (χ0n) is 25.5. The zero-order valence-corrected chi connectivity index (χ0v) is 25.5. The standard InChI is InChI=1S/C35H42N4O4/c1-21-24(25-7-4-8-27-26(25)10-11-31(27)40)6-5-9-28(21)37-33(41)32-36-29-20-39(17-14-30(29)38(32)2)16-13-23-18-22-12-15-35(23,19-22)34(42)43-3/h4-9,22-23,31,40H,10-20H2,1-3H3,(H,37,41). The molecule has 0 saturated heterocycles. The van der Waals surface area contributed by atoms with E-state index in [1.165, 1.54) is 12.7 Å². The van der Waals surface area contributed by atoms with Crippen LogP contribution >= 0.6 is 0 Å². The predicted octanol–water partition coefficient (Wildman–Crippen LogP) is 5.36. The maximum atomic E-state index is 13.6. The number of imidazole rings is 1. The normalized spacial score (nSPS) is 25.9. The molecule has 4 atom stereocenters. The molecule has 2 heterocycles. The van der Waals surface area contributed by atoms with Gasteiger partial charge in [-0.1, -0.05) is 30.3 Å². The molecule has 2 saturated carbocycles. The second kappa shape index (κ2) is 10.9. The van der Waals surface area contributed by atoms with Crippen molar-refractivity contribution in [3.8, 4) is 11.1 Å². The van der Waals surface area contributed by atoms with Crippen LogP contribution in [0.5, 0.6) is 0 Å². The summed E-state index contributed by atoms with van der Waals surface area (Å²) in [6.07, 6.45) is 7.30. The fourth-order valence-corrected chi connectivity index (χ4v) is 8.77. The molecule has 1 amide bonds. The number of hydrogen-bond acceptors (Lipinski definition) is 6. The highest BCUT2D eigenvalue weighted by atomic mass is 16.5. The summed E-state index contributed by atoms with van der Waals surface area (Å²) in [7, 11) is 3.47. The SMILES string of the molecule is COC(=O)C12CCC(CC1CCN1CCc3c(nc(C(=O)Nc4cccc(-c5cccc6c5CCC6O)c4C)n3C)C1)C2. The molecular formula is C35H42N4O4. The van der Waals surface area contributed by atoms with Crippen LogP contribution in [0.15, 0.2) is 36.4 Å². The first-order chi connectivity index (χ1) is 20.8. The van der Waals surface area contributed by atoms with Crippen LogP contribution in [-0.4, -0.2) is 51.6 Å². The number of esters is 1. The molecule has 43 heavy (non-hydrogen) atoms. The van der Waals surface area contributed by atoms with Crippen LogP contribution in [0.3, 0.4) is 0 Å². The highest BCUT2D eigenvalue weighted by molar-refractivity contribution is 6.03. The number of anilines is 1. The number of aromatic nitrogens is 2. The van der Waals surface area contributed by atoms with Gasteiger partial charge in [-0.2, -0.15) is 0 Å². The number of fused-ring (bicyclic) bond motifs is 4. The second-order valence-corrected chi connectivity index (χ2v) is 13.3. The van der Waals surface area contributed by atoms with E-state index in [0.717, 1.165) is 110 Å². The minimum absolute atomic E-state index is 0.00828. The Hall–Kier alpha value is -3.49. The molecule has 2 bridgehead atoms. The van der Waals surface area contributed by atoms with Crippen LogP contribution in [0.2, 0.25) is 0 Å². The Balaban J connectivity index is 1.05. The monoisotopic (exact) mass is 582 g/mol. The van der Waals surface area contributed by atoms with Crippen LogP contribution < -0.4 is 5.32 Å². The summed E-state index contributed by atoms with van der Waals surface area (Å²) >= 11 is 0. The molecular weight excluding hydrogens is 540 g/mol. The summed E-state index contributed by atoms with van der Waals surface area (Å²) < 4.78 is 7.20. The minimum atomic E-state index is -0.405. The number of hydrogen-bond donors (Lipinski definition) is 2. The third kappa shape index (κ3) is 4.70. The summed E-state index contributed by atoms with van der Waals surface area (Å²) in [5.41, 5.74) is 8.00. The van der Waals surface area contributed by atoms with Gasteiger partial charge in [0.25, 0.3) is 5.91 Å². The lowest BCUT2D eigenvalue weighted by molar-refractivity contribution is -0.155. The molecule has 1 aromatic heterocycles. The number of carbonyl (C=O) groups is 2. The van der Waals surface area contributed by atoms with Crippen molar-refractivity contribution in [1.29, 1.82) is 0 Å². The fraction of sp³-hybridized carbons (Fsp3) is 0.514. The van der Waals surface area contributed by atoms with Crippen molar-refractivity contribution in [2.24, 2.45) is 24.3 Å². The van der Waals surface area contributed by atoms with E-state index in [1.54, 1.807) is 0 Å². The molecule has 8 heteroatoms. The Bertz CT molecular complexity index is 1590. The summed E-state index contributed by atoms with van der Waals surface area (Å²) in [6, 6.07) is 12.1. The van der Waals surface area contributed by atoms with E-state index in [2.05, 4.69) is 22.3 Å². The molecule has 3 aliphatic carbocycles. The van der Waals surface area contributed by atoms with E-state index < -0.39 is 6.10 Å². The van der Waals surface area contributed by atoms with Gasteiger partial charge in [-0.25, -0.2) is 4.98 Å². The van der Waals surface area contributed by atoms with Gasteiger partial charge in [0.2, 0.25) is 0 Å². The number of nitrogens with zero attached hydrogens (tertiary/aromatic N) is 3. The van der Waals surface area contributed by atoms with Crippen molar-refractivity contribution in [1.82, 2.24) is 14.5 Å². The van der Waals surface area contributed by atoms with Crippen molar-refractivity contribution >= 4 is 17.6 Å². The Morgan fingerprint density at radius 2 is 1.95 bits per heavy atom. The van der Waals surface area contributed by atoms with E-state index in [9.17, 15) is 14.7 Å². The van der Waals surface area contributed by atoms with Gasteiger partial charge in [0.1, 0.15) is 0 Å². The van der Waals surface area contributed by atoms with E-state index in [-0.39, 0.29) is 17.3 Å². The van der Waals surface area contributed by atoms with E-state index in [1.807, 2.05) is 42.8 Å². The predicted molar refractivity (Wildman–Crippen MR) is 165 cm³/mol. The maximum absolute atomic E-state index is 13.6. The Morgan fingerprint density at radius 1 is 1.14 bits per heavy atom. The Morgan fingerprint density at radius 3 is 2.77 bits per heavy atom. The second-order valence-electron chi connectivity index (χ2n) is 13.3. The zero-order chi connectivity index (χ0) is 29.9. The van der Waals surface area contributed by atoms with Gasteiger partial charge in [-0.05, 0) is 104 Å². The van der Waals surface area contributed by atoms with Crippen LogP contribution in [-0.2, 0) is 36.0 Å². The van der Waals surface area contributed by atoms with Gasteiger partial charge < -0.3 is 19.7 Å². The van der Waals surface area contributed by atoms with Crippen LogP contribution in [0.25, 0.3) is 11.1 Å². The van der Waals surface area contributed by atoms with Gasteiger partial charge in [0.05, 0.1) is 24.3 Å². The Labute approximate surface area is 253 Å². The van der Waals surface area contributed by atoms with E-state index in [4.69, 9.17) is 9.72 Å². The molecule has 2 aromatic carbocycles. The first kappa shape index (κ1) is 28.3. The number of aliphatic hydroxyl groups excluding tert-OH is 1. The number of nitrogens with one attached hydrogen (secondary N) is 1. The largest absolute Gasteiger partial charge is 0.469 e. The molecule has 2 fully saturated rings. The highest BCUT2D eigenvalue weighted by Crippen LogP contribution is 2.59. The maximum Gasteiger partial charge on any atom is 0.312 e. The highest BCUT2D eigenvalue weighted by Gasteiger charge is 2.57. The minimum Gasteiger partial charge on any atom is -0.469 e. The van der Waals surface area contributed by atoms with Crippen molar-refractivity contribution < 1.29 is 19.4 Å². The summed E-state index contributed by atoms with van der Waals surface area (Å²) in [4.78, 5) is 33.6. The van der Waals surface area contributed by atoms with Gasteiger partial charge in [-0.15, -0.1) is 0 Å². The number of benzene rings is 2. The van der Waals surface area contributed by atoms with Crippen molar-refractivity contribution in [3.63, 3.8) is 0 Å². The molecule has 0 spiro atoms. The number of rotatable bonds is 7. The molecule has 2 N–H and O–H groups in total. The van der Waals surface area contributed by atoms with E-state index in [0.29, 0.717) is 17.7 Å². The summed E-state index contributed by atoms with van der Waals surface area (Å²) in [5.74, 6) is 1.27. The molecule has 4 aliphatic rings. The lowest BCUT2D eigenvalue weighted by atomic mass is 9.73. The summed E-state index contributed by atoms with van der Waals surface area (Å²) in [6.45, 7) is 4.61. The first-order valence-corrected chi connectivity index (χ1v) is 15.9. The lowest BCUT2D eigenvalue weighted by Gasteiger charge is -2.34. The van der Waals surface area contributed by atoms with Crippen LogP contribution in [0, 0.1) is 24.2 Å². The van der Waals surface area contributed by atoms with E-state index >= 15 is 0 Å². The quantitative estimate of drug-likeness (QED) is 0.365. The number of methoxy groups -OCH3 is 1. The average Bonchev–Trinajstić information content (AvgIpc) is 3.79. The number of aliphatic hydroxyl groups is 1. The van der Waals surface area contributed by atoms with Crippen LogP contribution in [0.4, 0.5) is 5.69 Å². The summed E-state index contributed by atoms with van der Waals surface area (Å²) in [5, 5.41) is 13.5. The molecule has 8 nitrogen and oxygen atoms in total. The van der Waals surface area contributed by atoms with Crippen molar-refractivity contribution in [2.45, 2.75) is 70.9 Å². The molecule has 3 aromatic rings. The lowest BCUT2D eigenvalue weighted by Crippen LogP contribution is -2.38. The molecule has 1 aliphatic heterocycles.